The molecule has 0 aliphatic carbocycles. The number of aromatic nitrogens is 3. The molecule has 1 N–H and O–H groups in total. The lowest BCUT2D eigenvalue weighted by molar-refractivity contribution is -0.127. The number of pyridine rings is 1. The number of benzene rings is 1. The molecular formula is C18H19BrN4O2. The van der Waals surface area contributed by atoms with Gasteiger partial charge in [0, 0.05) is 19.2 Å². The number of fused-ring (bicyclic) bond motifs is 1. The Balaban J connectivity index is 1.53. The highest BCUT2D eigenvalue weighted by molar-refractivity contribution is 9.10. The van der Waals surface area contributed by atoms with Gasteiger partial charge >= 0.3 is 0 Å². The number of hydrogen-bond donors (Lipinski definition) is 1. The summed E-state index contributed by atoms with van der Waals surface area (Å²) >= 11 is 3.45. The summed E-state index contributed by atoms with van der Waals surface area (Å²) in [4.78, 5) is 12.2. The number of halogens is 1. The average Bonchev–Trinajstić information content (AvgIpc) is 3.00. The number of hydrogen-bond acceptors (Lipinski definition) is 4. The molecule has 1 amide bonds. The fraction of sp³-hybridized carbons (Fsp3) is 0.278. The van der Waals surface area contributed by atoms with Crippen LogP contribution >= 0.6 is 15.9 Å². The fourth-order valence-corrected chi connectivity index (χ4v) is 3.03. The Morgan fingerprint density at radius 3 is 2.96 bits per heavy atom. The van der Waals surface area contributed by atoms with Crippen molar-refractivity contribution >= 4 is 27.5 Å². The molecule has 3 rings (SSSR count). The van der Waals surface area contributed by atoms with Crippen LogP contribution in [-0.4, -0.2) is 33.2 Å². The van der Waals surface area contributed by atoms with E-state index in [1.165, 1.54) is 0 Å². The maximum Gasteiger partial charge on any atom is 0.260 e. The monoisotopic (exact) mass is 402 g/mol. The van der Waals surface area contributed by atoms with E-state index in [2.05, 4.69) is 31.4 Å². The highest BCUT2D eigenvalue weighted by Gasteiger charge is 2.16. The Morgan fingerprint density at radius 1 is 1.32 bits per heavy atom. The number of rotatable bonds is 6. The molecule has 0 spiro atoms. The fourth-order valence-electron chi connectivity index (χ4n) is 2.45. The third kappa shape index (κ3) is 4.17. The second-order valence-electron chi connectivity index (χ2n) is 5.78. The van der Waals surface area contributed by atoms with Crippen LogP contribution in [0.2, 0.25) is 0 Å². The lowest BCUT2D eigenvalue weighted by Crippen LogP contribution is -2.37. The van der Waals surface area contributed by atoms with Gasteiger partial charge in [-0.2, -0.15) is 0 Å². The molecule has 0 aliphatic rings. The van der Waals surface area contributed by atoms with Crippen LogP contribution in [0, 0.1) is 6.92 Å². The van der Waals surface area contributed by atoms with Gasteiger partial charge in [-0.15, -0.1) is 10.2 Å². The van der Waals surface area contributed by atoms with Crippen molar-refractivity contribution < 1.29 is 9.53 Å². The van der Waals surface area contributed by atoms with Gasteiger partial charge in [0.2, 0.25) is 0 Å². The van der Waals surface area contributed by atoms with E-state index in [1.54, 1.807) is 6.92 Å². The van der Waals surface area contributed by atoms with Crippen LogP contribution in [0.15, 0.2) is 47.1 Å². The Morgan fingerprint density at radius 2 is 2.16 bits per heavy atom. The van der Waals surface area contributed by atoms with E-state index in [0.29, 0.717) is 18.7 Å². The number of nitrogens with one attached hydrogen (secondary N) is 1. The summed E-state index contributed by atoms with van der Waals surface area (Å²) in [5.41, 5.74) is 1.92. The second-order valence-corrected chi connectivity index (χ2v) is 6.63. The van der Waals surface area contributed by atoms with Gasteiger partial charge in [0.1, 0.15) is 11.6 Å². The zero-order chi connectivity index (χ0) is 17.8. The minimum Gasteiger partial charge on any atom is -0.480 e. The molecule has 1 unspecified atom stereocenters. The van der Waals surface area contributed by atoms with Crippen LogP contribution in [0.4, 0.5) is 0 Å². The van der Waals surface area contributed by atoms with Crippen molar-refractivity contribution in [1.82, 2.24) is 19.9 Å². The first kappa shape index (κ1) is 17.4. The smallest absolute Gasteiger partial charge is 0.260 e. The first-order valence-electron chi connectivity index (χ1n) is 8.04. The molecule has 1 atom stereocenters. The van der Waals surface area contributed by atoms with E-state index in [4.69, 9.17) is 4.74 Å². The summed E-state index contributed by atoms with van der Waals surface area (Å²) in [6.45, 7) is 4.20. The first-order chi connectivity index (χ1) is 12.0. The molecule has 0 fully saturated rings. The molecule has 3 aromatic rings. The molecule has 6 nitrogen and oxygen atoms in total. The third-order valence-electron chi connectivity index (χ3n) is 3.79. The minimum atomic E-state index is -0.589. The predicted molar refractivity (Wildman–Crippen MR) is 98.7 cm³/mol. The van der Waals surface area contributed by atoms with Crippen LogP contribution in [0.1, 0.15) is 18.3 Å². The minimum absolute atomic E-state index is 0.165. The van der Waals surface area contributed by atoms with Crippen LogP contribution < -0.4 is 10.1 Å². The van der Waals surface area contributed by atoms with E-state index < -0.39 is 6.10 Å². The molecule has 0 radical (unpaired) electrons. The Hall–Kier alpha value is -2.41. The van der Waals surface area contributed by atoms with E-state index in [-0.39, 0.29) is 5.91 Å². The van der Waals surface area contributed by atoms with Crippen LogP contribution in [0.5, 0.6) is 5.75 Å². The van der Waals surface area contributed by atoms with Gasteiger partial charge in [-0.05, 0) is 59.6 Å². The van der Waals surface area contributed by atoms with Crippen molar-refractivity contribution in [3.63, 3.8) is 0 Å². The number of carbonyl (C=O) groups is 1. The summed E-state index contributed by atoms with van der Waals surface area (Å²) < 4.78 is 8.48. The van der Waals surface area contributed by atoms with E-state index in [0.717, 1.165) is 21.5 Å². The molecule has 0 saturated heterocycles. The van der Waals surface area contributed by atoms with Crippen molar-refractivity contribution in [2.45, 2.75) is 26.4 Å². The highest BCUT2D eigenvalue weighted by atomic mass is 79.9. The second kappa shape index (κ2) is 7.65. The summed E-state index contributed by atoms with van der Waals surface area (Å²) in [7, 11) is 0. The molecule has 0 aliphatic heterocycles. The van der Waals surface area contributed by atoms with Gasteiger partial charge in [0.15, 0.2) is 11.8 Å². The Labute approximate surface area is 154 Å². The first-order valence-corrected chi connectivity index (χ1v) is 8.83. The number of carbonyl (C=O) groups excluding carboxylic acids is 1. The van der Waals surface area contributed by atoms with Crippen molar-refractivity contribution in [3.05, 3.63) is 58.5 Å². The van der Waals surface area contributed by atoms with Crippen molar-refractivity contribution in [3.8, 4) is 5.75 Å². The zero-order valence-corrected chi connectivity index (χ0v) is 15.7. The van der Waals surface area contributed by atoms with Gasteiger partial charge in [-0.1, -0.05) is 12.1 Å². The van der Waals surface area contributed by atoms with Crippen molar-refractivity contribution in [2.75, 3.05) is 6.54 Å². The Bertz CT molecular complexity index is 894. The number of nitrogens with zero attached hydrogens (tertiary/aromatic N) is 3. The quantitative estimate of drug-likeness (QED) is 0.687. The predicted octanol–water partition coefficient (Wildman–Crippen LogP) is 2.93. The molecule has 130 valence electrons. The molecule has 2 heterocycles. The van der Waals surface area contributed by atoms with Crippen LogP contribution in [0.3, 0.4) is 0 Å². The number of aryl methyl sites for hydroxylation is 1. The van der Waals surface area contributed by atoms with Crippen LogP contribution in [0.25, 0.3) is 5.65 Å². The van der Waals surface area contributed by atoms with Crippen molar-refractivity contribution in [1.29, 1.82) is 0 Å². The number of ether oxygens (including phenoxy) is 1. The molecule has 7 heteroatoms. The molecular weight excluding hydrogens is 384 g/mol. The van der Waals surface area contributed by atoms with Gasteiger partial charge in [0.05, 0.1) is 4.47 Å². The summed E-state index contributed by atoms with van der Waals surface area (Å²) in [6.07, 6.45) is 1.92. The molecule has 0 bridgehead atoms. The normalized spacial score (nSPS) is 12.1. The molecule has 1 aromatic carbocycles. The molecule has 2 aromatic heterocycles. The standard InChI is InChI=1S/C18H19BrN4O2/c1-12-6-7-15(14(19)11-12)25-13(2)18(24)20-9-8-17-22-21-16-5-3-4-10-23(16)17/h3-7,10-11,13H,8-9H2,1-2H3,(H,20,24). The zero-order valence-electron chi connectivity index (χ0n) is 14.1. The molecule has 25 heavy (non-hydrogen) atoms. The number of amides is 1. The summed E-state index contributed by atoms with van der Waals surface area (Å²) in [5, 5.41) is 11.1. The largest absolute Gasteiger partial charge is 0.480 e. The van der Waals surface area contributed by atoms with E-state index in [1.807, 2.05) is 53.9 Å². The average molecular weight is 403 g/mol. The molecule has 0 saturated carbocycles. The van der Waals surface area contributed by atoms with E-state index >= 15 is 0 Å². The summed E-state index contributed by atoms with van der Waals surface area (Å²) in [6, 6.07) is 11.5. The SMILES string of the molecule is Cc1ccc(OC(C)C(=O)NCCc2nnc3ccccn23)c(Br)c1. The summed E-state index contributed by atoms with van der Waals surface area (Å²) in [5.74, 6) is 1.30. The van der Waals surface area contributed by atoms with Crippen molar-refractivity contribution in [2.24, 2.45) is 0 Å². The van der Waals surface area contributed by atoms with Gasteiger partial charge in [-0.3, -0.25) is 9.20 Å². The topological polar surface area (TPSA) is 68.5 Å². The van der Waals surface area contributed by atoms with E-state index in [9.17, 15) is 4.79 Å². The van der Waals surface area contributed by atoms with Gasteiger partial charge < -0.3 is 10.1 Å². The third-order valence-corrected chi connectivity index (χ3v) is 4.41. The van der Waals surface area contributed by atoms with Gasteiger partial charge in [-0.25, -0.2) is 0 Å². The van der Waals surface area contributed by atoms with Crippen LogP contribution in [-0.2, 0) is 11.2 Å². The highest BCUT2D eigenvalue weighted by Crippen LogP contribution is 2.26. The van der Waals surface area contributed by atoms with Gasteiger partial charge in [0.25, 0.3) is 5.91 Å². The lowest BCUT2D eigenvalue weighted by atomic mass is 10.2. The Kier molecular flexibility index (Phi) is 5.33. The maximum absolute atomic E-state index is 12.2. The maximum atomic E-state index is 12.2. The lowest BCUT2D eigenvalue weighted by Gasteiger charge is -2.16.